The molecule has 5 nitrogen and oxygen atoms in total. The van der Waals surface area contributed by atoms with Crippen molar-refractivity contribution in [1.82, 2.24) is 10.6 Å². The summed E-state index contributed by atoms with van der Waals surface area (Å²) in [6.45, 7) is 2.92. The fraction of sp³-hybridized carbons (Fsp3) is 0.333. The zero-order chi connectivity index (χ0) is 19.1. The fourth-order valence-electron chi connectivity index (χ4n) is 3.06. The van der Waals surface area contributed by atoms with E-state index < -0.39 is 6.04 Å². The number of benzene rings is 2. The number of hydrogen-bond donors (Lipinski definition) is 2. The second kappa shape index (κ2) is 9.60. The van der Waals surface area contributed by atoms with Crippen LogP contribution in [0.25, 0.3) is 0 Å². The lowest BCUT2D eigenvalue weighted by molar-refractivity contribution is -0.124. The number of ether oxygens (including phenoxy) is 2. The number of carbonyl (C=O) groups is 1. The third kappa shape index (κ3) is 5.60. The van der Waals surface area contributed by atoms with Crippen LogP contribution in [0.1, 0.15) is 18.1 Å². The molecule has 1 fully saturated rings. The van der Waals surface area contributed by atoms with Crippen LogP contribution in [0.15, 0.2) is 60.7 Å². The van der Waals surface area contributed by atoms with E-state index in [1.807, 2.05) is 60.7 Å². The number of amides is 1. The highest BCUT2D eigenvalue weighted by Gasteiger charge is 2.38. The lowest BCUT2D eigenvalue weighted by atomic mass is 10.00. The molecule has 0 saturated carbocycles. The van der Waals surface area contributed by atoms with Crippen LogP contribution in [0.2, 0.25) is 0 Å². The molecule has 0 spiro atoms. The first-order chi connectivity index (χ1) is 13.1. The van der Waals surface area contributed by atoms with Gasteiger partial charge in [-0.2, -0.15) is 0 Å². The standard InChI is InChI=1S/C21H24N2O3S/c1-15(24)23-19-20(26-14-17-10-6-3-7-11-17)18(12-22-21(19)27)25-13-16-8-4-2-5-9-16/h2-11,18-20H,12-14H2,1H3,(H,22,27)(H,23,24)/t18-,19-,20+/m1/s1. The Balaban J connectivity index is 1.71. The van der Waals surface area contributed by atoms with Gasteiger partial charge in [-0.05, 0) is 11.1 Å². The van der Waals surface area contributed by atoms with Gasteiger partial charge in [-0.25, -0.2) is 0 Å². The Labute approximate surface area is 165 Å². The third-order valence-corrected chi connectivity index (χ3v) is 4.80. The normalized spacial score (nSPS) is 22.1. The van der Waals surface area contributed by atoms with Gasteiger partial charge in [0.2, 0.25) is 5.91 Å². The van der Waals surface area contributed by atoms with Crippen molar-refractivity contribution in [1.29, 1.82) is 0 Å². The first kappa shape index (κ1) is 19.5. The van der Waals surface area contributed by atoms with Crippen LogP contribution in [0.5, 0.6) is 0 Å². The average molecular weight is 385 g/mol. The lowest BCUT2D eigenvalue weighted by Gasteiger charge is -2.39. The minimum atomic E-state index is -0.421. The lowest BCUT2D eigenvalue weighted by Crippen LogP contribution is -2.63. The Hall–Kier alpha value is -2.28. The summed E-state index contributed by atoms with van der Waals surface area (Å²) in [5, 5.41) is 6.06. The van der Waals surface area contributed by atoms with Crippen molar-refractivity contribution in [2.45, 2.75) is 38.4 Å². The molecule has 1 aliphatic heterocycles. The molecule has 0 radical (unpaired) electrons. The number of rotatable bonds is 7. The number of carbonyl (C=O) groups excluding carboxylic acids is 1. The molecule has 3 atom stereocenters. The monoisotopic (exact) mass is 384 g/mol. The molecule has 1 amide bonds. The Morgan fingerprint density at radius 1 is 1.04 bits per heavy atom. The summed E-state index contributed by atoms with van der Waals surface area (Å²) in [6, 6.07) is 19.5. The van der Waals surface area contributed by atoms with Crippen LogP contribution in [-0.2, 0) is 27.5 Å². The quantitative estimate of drug-likeness (QED) is 0.719. The first-order valence-electron chi connectivity index (χ1n) is 8.99. The van der Waals surface area contributed by atoms with Crippen molar-refractivity contribution in [3.05, 3.63) is 71.8 Å². The molecule has 2 aromatic carbocycles. The number of nitrogens with one attached hydrogen (secondary N) is 2. The summed E-state index contributed by atoms with van der Waals surface area (Å²) in [7, 11) is 0. The van der Waals surface area contributed by atoms with E-state index in [9.17, 15) is 4.79 Å². The summed E-state index contributed by atoms with van der Waals surface area (Å²) >= 11 is 5.42. The maximum atomic E-state index is 11.7. The average Bonchev–Trinajstić information content (AvgIpc) is 2.69. The van der Waals surface area contributed by atoms with E-state index in [2.05, 4.69) is 10.6 Å². The number of hydrogen-bond acceptors (Lipinski definition) is 4. The molecule has 0 aromatic heterocycles. The Morgan fingerprint density at radius 3 is 2.15 bits per heavy atom. The van der Waals surface area contributed by atoms with Gasteiger partial charge in [-0.1, -0.05) is 72.9 Å². The molecule has 2 aromatic rings. The fourth-order valence-corrected chi connectivity index (χ4v) is 3.34. The van der Waals surface area contributed by atoms with Crippen LogP contribution in [-0.4, -0.2) is 35.7 Å². The van der Waals surface area contributed by atoms with Crippen LogP contribution in [0.4, 0.5) is 0 Å². The topological polar surface area (TPSA) is 59.6 Å². The summed E-state index contributed by atoms with van der Waals surface area (Å²) in [5.74, 6) is -0.152. The van der Waals surface area contributed by atoms with Crippen molar-refractivity contribution in [3.8, 4) is 0 Å². The van der Waals surface area contributed by atoms with Gasteiger partial charge in [0.25, 0.3) is 0 Å². The second-order valence-electron chi connectivity index (χ2n) is 6.52. The zero-order valence-electron chi connectivity index (χ0n) is 15.3. The molecule has 6 heteroatoms. The third-order valence-electron chi connectivity index (χ3n) is 4.41. The Kier molecular flexibility index (Phi) is 6.92. The van der Waals surface area contributed by atoms with Crippen molar-refractivity contribution in [2.75, 3.05) is 6.54 Å². The van der Waals surface area contributed by atoms with E-state index in [-0.39, 0.29) is 18.1 Å². The van der Waals surface area contributed by atoms with Crippen molar-refractivity contribution >= 4 is 23.1 Å². The molecular weight excluding hydrogens is 360 g/mol. The van der Waals surface area contributed by atoms with Gasteiger partial charge in [-0.3, -0.25) is 4.79 Å². The molecular formula is C21H24N2O3S. The van der Waals surface area contributed by atoms with Crippen LogP contribution in [0, 0.1) is 0 Å². The summed E-state index contributed by atoms with van der Waals surface area (Å²) in [5.41, 5.74) is 2.15. The molecule has 27 heavy (non-hydrogen) atoms. The maximum Gasteiger partial charge on any atom is 0.217 e. The molecule has 3 rings (SSSR count). The number of thiocarbonyl (C=S) groups is 1. The molecule has 142 valence electrons. The van der Waals surface area contributed by atoms with Gasteiger partial charge < -0.3 is 20.1 Å². The van der Waals surface area contributed by atoms with Gasteiger partial charge in [0, 0.05) is 13.5 Å². The Bertz CT molecular complexity index is 755. The Morgan fingerprint density at radius 2 is 1.59 bits per heavy atom. The minimum absolute atomic E-state index is 0.152. The largest absolute Gasteiger partial charge is 0.375 e. The van der Waals surface area contributed by atoms with Gasteiger partial charge in [0.05, 0.1) is 13.2 Å². The maximum absolute atomic E-state index is 11.7. The highest BCUT2D eigenvalue weighted by atomic mass is 32.1. The summed E-state index contributed by atoms with van der Waals surface area (Å²) < 4.78 is 12.3. The van der Waals surface area contributed by atoms with E-state index in [1.54, 1.807) is 0 Å². The van der Waals surface area contributed by atoms with Gasteiger partial charge >= 0.3 is 0 Å². The van der Waals surface area contributed by atoms with Crippen molar-refractivity contribution in [3.63, 3.8) is 0 Å². The predicted octanol–water partition coefficient (Wildman–Crippen LogP) is 2.59. The smallest absolute Gasteiger partial charge is 0.217 e. The minimum Gasteiger partial charge on any atom is -0.375 e. The molecule has 1 saturated heterocycles. The molecule has 1 heterocycles. The van der Waals surface area contributed by atoms with Gasteiger partial charge in [0.15, 0.2) is 0 Å². The first-order valence-corrected chi connectivity index (χ1v) is 9.40. The summed E-state index contributed by atoms with van der Waals surface area (Å²) in [4.78, 5) is 12.2. The van der Waals surface area contributed by atoms with Crippen molar-refractivity contribution in [2.24, 2.45) is 0 Å². The summed E-state index contributed by atoms with van der Waals surface area (Å²) in [6.07, 6.45) is -0.607. The zero-order valence-corrected chi connectivity index (χ0v) is 16.1. The molecule has 2 N–H and O–H groups in total. The van der Waals surface area contributed by atoms with Gasteiger partial charge in [0.1, 0.15) is 23.2 Å². The number of piperidine rings is 1. The van der Waals surface area contributed by atoms with Gasteiger partial charge in [-0.15, -0.1) is 0 Å². The highest BCUT2D eigenvalue weighted by Crippen LogP contribution is 2.18. The molecule has 0 bridgehead atoms. The van der Waals surface area contributed by atoms with E-state index >= 15 is 0 Å². The van der Waals surface area contributed by atoms with Crippen molar-refractivity contribution < 1.29 is 14.3 Å². The molecule has 0 unspecified atom stereocenters. The van der Waals surface area contributed by atoms with Crippen LogP contribution < -0.4 is 10.6 Å². The molecule has 1 aliphatic rings. The van der Waals surface area contributed by atoms with E-state index in [4.69, 9.17) is 21.7 Å². The SMILES string of the molecule is CC(=O)N[C@H]1C(=S)NC[C@@H](OCc2ccccc2)[C@@H]1OCc1ccccc1. The van der Waals surface area contributed by atoms with Crippen LogP contribution in [0.3, 0.4) is 0 Å². The van der Waals surface area contributed by atoms with E-state index in [1.165, 1.54) is 6.92 Å². The van der Waals surface area contributed by atoms with E-state index in [0.717, 1.165) is 11.1 Å². The highest BCUT2D eigenvalue weighted by molar-refractivity contribution is 7.80. The second-order valence-corrected chi connectivity index (χ2v) is 6.96. The predicted molar refractivity (Wildman–Crippen MR) is 108 cm³/mol. The van der Waals surface area contributed by atoms with Crippen LogP contribution >= 0.6 is 12.2 Å². The van der Waals surface area contributed by atoms with E-state index in [0.29, 0.717) is 24.7 Å². The molecule has 0 aliphatic carbocycles.